The number of likely N-dealkylation sites (tertiary alicyclic amines) is 1. The molecule has 0 radical (unpaired) electrons. The zero-order valence-corrected chi connectivity index (χ0v) is 38.6. The molecule has 3 fully saturated rings. The van der Waals surface area contributed by atoms with Crippen LogP contribution in [-0.4, -0.2) is 104 Å². The Morgan fingerprint density at radius 2 is 1.83 bits per heavy atom. The van der Waals surface area contributed by atoms with Gasteiger partial charge < -0.3 is 40.7 Å². The van der Waals surface area contributed by atoms with E-state index < -0.39 is 46.3 Å². The average molecular weight is 924 g/mol. The van der Waals surface area contributed by atoms with Crippen LogP contribution >= 0.6 is 34.7 Å². The summed E-state index contributed by atoms with van der Waals surface area (Å²) in [5.74, 6) is 1.86. The predicted octanol–water partition coefficient (Wildman–Crippen LogP) is 7.32. The first-order valence-electron chi connectivity index (χ1n) is 21.3. The van der Waals surface area contributed by atoms with Crippen LogP contribution in [0.1, 0.15) is 70.1 Å². The Morgan fingerprint density at radius 1 is 1.10 bits per heavy atom. The average Bonchev–Trinajstić information content (AvgIpc) is 3.69. The van der Waals surface area contributed by atoms with Crippen LogP contribution in [0.3, 0.4) is 0 Å². The summed E-state index contributed by atoms with van der Waals surface area (Å²) in [6, 6.07) is 11.3. The number of ether oxygens (including phenoxy) is 2. The molecule has 2 aromatic carbocycles. The summed E-state index contributed by atoms with van der Waals surface area (Å²) in [7, 11) is 3.32. The van der Waals surface area contributed by atoms with Crippen molar-refractivity contribution in [3.8, 4) is 21.9 Å². The molecule has 1 aliphatic heterocycles. The van der Waals surface area contributed by atoms with Crippen LogP contribution in [-0.2, 0) is 20.9 Å². The molecule has 3 atom stereocenters. The summed E-state index contributed by atoms with van der Waals surface area (Å²) >= 11 is 9.27. The predicted molar refractivity (Wildman–Crippen MR) is 246 cm³/mol. The summed E-state index contributed by atoms with van der Waals surface area (Å²) in [5.41, 5.74) is 3.36. The molecule has 2 saturated carbocycles. The summed E-state index contributed by atoms with van der Waals surface area (Å²) in [6.07, 6.45) is 4.72. The Balaban J connectivity index is 0.923. The van der Waals surface area contributed by atoms with E-state index in [1.54, 1.807) is 37.3 Å². The maximum absolute atomic E-state index is 15.1. The topological polar surface area (TPSA) is 180 Å². The third-order valence-corrected chi connectivity index (χ3v) is 15.0. The van der Waals surface area contributed by atoms with Gasteiger partial charge in [-0.15, -0.1) is 11.3 Å². The molecule has 4 aromatic rings. The Hall–Kier alpha value is -4.71. The first-order valence-corrected chi connectivity index (χ1v) is 23.6. The number of carbonyl (C=O) groups is 3. The number of anilines is 3. The van der Waals surface area contributed by atoms with Gasteiger partial charge in [-0.3, -0.25) is 14.4 Å². The number of thiazole rings is 1. The van der Waals surface area contributed by atoms with Crippen molar-refractivity contribution in [2.24, 2.45) is 11.8 Å². The van der Waals surface area contributed by atoms with Gasteiger partial charge in [0.05, 0.1) is 47.8 Å². The maximum atomic E-state index is 15.1. The number of aryl methyl sites for hydroxylation is 1. The minimum atomic E-state index is -2.00. The van der Waals surface area contributed by atoms with E-state index in [2.05, 4.69) is 36.2 Å². The summed E-state index contributed by atoms with van der Waals surface area (Å²) in [5, 5.41) is 23.0. The lowest BCUT2D eigenvalue weighted by Gasteiger charge is -2.38. The van der Waals surface area contributed by atoms with E-state index in [4.69, 9.17) is 21.1 Å². The molecule has 1 saturated heterocycles. The first-order chi connectivity index (χ1) is 30.2. The number of amides is 3. The lowest BCUT2D eigenvalue weighted by atomic mass is 9.83. The Labute approximate surface area is 380 Å². The molecule has 18 heteroatoms. The third-order valence-electron chi connectivity index (χ3n) is 12.2. The lowest BCUT2D eigenvalue weighted by Crippen LogP contribution is -2.61. The number of aromatic nitrogens is 3. The van der Waals surface area contributed by atoms with Crippen LogP contribution in [0, 0.1) is 18.8 Å². The van der Waals surface area contributed by atoms with Crippen molar-refractivity contribution in [1.29, 1.82) is 0 Å². The van der Waals surface area contributed by atoms with Gasteiger partial charge in [0.2, 0.25) is 17.8 Å². The molecule has 14 nitrogen and oxygen atoms in total. The number of hydrogen-bond acceptors (Lipinski definition) is 13. The molecule has 3 heterocycles. The third kappa shape index (κ3) is 11.3. The number of benzene rings is 2. The summed E-state index contributed by atoms with van der Waals surface area (Å²) < 4.78 is 26.1. The van der Waals surface area contributed by atoms with Gasteiger partial charge in [-0.25, -0.2) is 14.4 Å². The molecule has 0 spiro atoms. The van der Waals surface area contributed by atoms with Gasteiger partial charge in [0, 0.05) is 37.4 Å². The van der Waals surface area contributed by atoms with E-state index in [9.17, 15) is 19.5 Å². The first kappa shape index (κ1) is 46.3. The number of thioether (sulfide) groups is 1. The van der Waals surface area contributed by atoms with Crippen molar-refractivity contribution < 1.29 is 33.4 Å². The second-order valence-corrected chi connectivity index (χ2v) is 20.1. The van der Waals surface area contributed by atoms with Crippen LogP contribution in [0.4, 0.5) is 21.8 Å². The number of methoxy groups -OCH3 is 1. The van der Waals surface area contributed by atoms with Crippen LogP contribution in [0.5, 0.6) is 11.5 Å². The van der Waals surface area contributed by atoms with Gasteiger partial charge in [-0.1, -0.05) is 35.9 Å². The molecule has 0 unspecified atom stereocenters. The van der Waals surface area contributed by atoms with E-state index in [1.165, 1.54) is 11.1 Å². The zero-order chi connectivity index (χ0) is 44.9. The van der Waals surface area contributed by atoms with Gasteiger partial charge in [-0.05, 0) is 100 Å². The second-order valence-electron chi connectivity index (χ2n) is 17.2. The fourth-order valence-corrected chi connectivity index (χ4v) is 10.4. The normalized spacial score (nSPS) is 21.0. The van der Waals surface area contributed by atoms with E-state index in [1.807, 2.05) is 68.7 Å². The standard InChI is InChI=1S/C45H56ClFN8O6S2/c1-26-37(62-25-51-26)30-12-10-27(11-13-30)20-49-40(57)35-18-31(56)22-55(35)41(58)38(53-42(59)45(47)16-17-45)44(2,3)63-24-29-8-6-28(7-9-29)23-61-32-14-15-34(36(19-32)60-5)52-43-50-21-33(46)39(48-4)54-43/h10-15,19,21,25,28-29,31,35,38,56H,6-9,16-18,20,22-24H2,1-5H3,(H,49,57)(H,53,59)(H2,48,50,52,54)/t28?,29?,31-,35+,38+/m1/s1. The van der Waals surface area contributed by atoms with Crippen molar-refractivity contribution in [2.45, 2.75) is 101 Å². The summed E-state index contributed by atoms with van der Waals surface area (Å²) in [4.78, 5) is 56.7. The Kier molecular flexibility index (Phi) is 14.7. The number of hydrogen-bond donors (Lipinski definition) is 5. The fourth-order valence-electron chi connectivity index (χ4n) is 8.04. The second kappa shape index (κ2) is 20.0. The largest absolute Gasteiger partial charge is 0.494 e. The fraction of sp³-hybridized carbons (Fsp3) is 0.511. The van der Waals surface area contributed by atoms with Crippen molar-refractivity contribution in [3.63, 3.8) is 0 Å². The minimum absolute atomic E-state index is 0.0587. The number of carbonyl (C=O) groups excluding carboxylic acids is 3. The molecule has 5 N–H and O–H groups in total. The molecule has 7 rings (SSSR count). The highest BCUT2D eigenvalue weighted by Gasteiger charge is 2.54. The van der Waals surface area contributed by atoms with Crippen molar-refractivity contribution in [1.82, 2.24) is 30.5 Å². The van der Waals surface area contributed by atoms with Crippen LogP contribution in [0.15, 0.2) is 54.2 Å². The van der Waals surface area contributed by atoms with Gasteiger partial charge in [0.15, 0.2) is 5.67 Å². The molecule has 3 aliphatic rings. The van der Waals surface area contributed by atoms with Crippen molar-refractivity contribution in [3.05, 3.63) is 70.5 Å². The monoisotopic (exact) mass is 922 g/mol. The molecule has 3 amide bonds. The number of nitrogens with zero attached hydrogens (tertiary/aromatic N) is 4. The van der Waals surface area contributed by atoms with Gasteiger partial charge in [-0.2, -0.15) is 16.7 Å². The Morgan fingerprint density at radius 3 is 2.49 bits per heavy atom. The number of alkyl halides is 1. The number of nitrogens with one attached hydrogen (secondary N) is 4. The molecule has 0 bridgehead atoms. The van der Waals surface area contributed by atoms with E-state index in [0.29, 0.717) is 52.4 Å². The smallest absolute Gasteiger partial charge is 0.258 e. The van der Waals surface area contributed by atoms with E-state index >= 15 is 4.39 Å². The maximum Gasteiger partial charge on any atom is 0.258 e. The number of aliphatic hydroxyl groups excluding tert-OH is 1. The highest BCUT2D eigenvalue weighted by Crippen LogP contribution is 2.42. The molecular weight excluding hydrogens is 867 g/mol. The minimum Gasteiger partial charge on any atom is -0.494 e. The van der Waals surface area contributed by atoms with Crippen LogP contribution < -0.4 is 30.7 Å². The zero-order valence-electron chi connectivity index (χ0n) is 36.2. The number of β-amino-alcohol motifs (C(OH)–C–C–N with tert-alkyl or cyclic N) is 1. The number of aliphatic hydroxyl groups is 1. The quantitative estimate of drug-likeness (QED) is 0.0673. The van der Waals surface area contributed by atoms with E-state index in [-0.39, 0.29) is 32.4 Å². The van der Waals surface area contributed by atoms with Crippen molar-refractivity contribution >= 4 is 69.9 Å². The summed E-state index contributed by atoms with van der Waals surface area (Å²) in [6.45, 7) is 6.45. The molecule has 2 aliphatic carbocycles. The van der Waals surface area contributed by atoms with Crippen molar-refractivity contribution in [2.75, 3.05) is 43.7 Å². The molecule has 338 valence electrons. The van der Waals surface area contributed by atoms with Crippen LogP contribution in [0.2, 0.25) is 5.02 Å². The highest BCUT2D eigenvalue weighted by atomic mass is 35.5. The number of halogens is 2. The van der Waals surface area contributed by atoms with Gasteiger partial charge in [0.25, 0.3) is 5.91 Å². The SMILES string of the molecule is CNc1nc(Nc2ccc(OCC3CCC(CSC(C)(C)[C@@H](NC(=O)C4(F)CC4)C(=O)N4C[C@H](O)C[C@H]4C(=O)NCc4ccc(-c5scnc5C)cc4)CC3)cc2OC)ncc1Cl. The highest BCUT2D eigenvalue weighted by molar-refractivity contribution is 8.00. The molecule has 63 heavy (non-hydrogen) atoms. The molecule has 2 aromatic heterocycles. The van der Waals surface area contributed by atoms with Crippen LogP contribution in [0.25, 0.3) is 10.4 Å². The number of rotatable bonds is 18. The van der Waals surface area contributed by atoms with E-state index in [0.717, 1.165) is 53.1 Å². The lowest BCUT2D eigenvalue weighted by molar-refractivity contribution is -0.143. The van der Waals surface area contributed by atoms with Gasteiger partial charge >= 0.3 is 0 Å². The Bertz CT molecular complexity index is 2250. The van der Waals surface area contributed by atoms with Gasteiger partial charge in [0.1, 0.15) is 34.4 Å². The molecular formula is C45H56ClFN8O6S2.